The van der Waals surface area contributed by atoms with Gasteiger partial charge < -0.3 is 4.57 Å². The molecule has 1 aromatic heterocycles. The van der Waals surface area contributed by atoms with E-state index in [2.05, 4.69) is 173 Å². The third-order valence-corrected chi connectivity index (χ3v) is 19.0. The van der Waals surface area contributed by atoms with Crippen LogP contribution in [0.3, 0.4) is 0 Å². The molecule has 3 nitrogen and oxygen atoms in total. The maximum Gasteiger partial charge on any atom is 4.00 e. The fourth-order valence-corrected chi connectivity index (χ4v) is 15.2. The molecule has 0 atom stereocenters. The number of hydrogen-bond acceptors (Lipinski definition) is 1. The van der Waals surface area contributed by atoms with Crippen LogP contribution in [0.25, 0.3) is 22.4 Å². The van der Waals surface area contributed by atoms with Crippen molar-refractivity contribution in [1.82, 2.24) is 4.57 Å². The first-order chi connectivity index (χ1) is 22.8. The Hall–Kier alpha value is -3.99. The van der Waals surface area contributed by atoms with Crippen molar-refractivity contribution in [3.8, 4) is 11.4 Å². The molecule has 0 N–H and O–H groups in total. The van der Waals surface area contributed by atoms with Gasteiger partial charge in [0.15, 0.2) is 0 Å². The Bertz CT molecular complexity index is 2200. The Labute approximate surface area is 302 Å². The SMILES string of the molecule is C[Si]1(C)c2ccc[c-]c2N2c3[c-]cccc3[Se](C)(C)c3cccc1c32.Cc1ccc(-[n+]2[c-]n(-c3[c-]cccc3)c3ccccc32)cc1.[Pt+4]. The number of nitrogens with zero attached hydrogens (tertiary/aromatic N) is 3. The zero-order chi connectivity index (χ0) is 32.3. The number of aryl methyl sites for hydroxylation is 1. The molecule has 2 aliphatic heterocycles. The van der Waals surface area contributed by atoms with Crippen LogP contribution in [0.2, 0.25) is 24.7 Å². The molecule has 0 radical (unpaired) electrons. The van der Waals surface area contributed by atoms with Crippen LogP contribution in [0.15, 0.2) is 127 Å². The van der Waals surface area contributed by atoms with E-state index in [0.717, 1.165) is 22.4 Å². The van der Waals surface area contributed by atoms with E-state index in [1.807, 2.05) is 24.3 Å². The summed E-state index contributed by atoms with van der Waals surface area (Å²) in [5, 5.41) is 3.04. The molecule has 0 fully saturated rings. The van der Waals surface area contributed by atoms with E-state index in [4.69, 9.17) is 0 Å². The fraction of sp³-hybridized carbons (Fsp3) is 0.119. The summed E-state index contributed by atoms with van der Waals surface area (Å²) in [4.78, 5) is 2.45. The quantitative estimate of drug-likeness (QED) is 0.105. The molecule has 3 heterocycles. The third-order valence-electron chi connectivity index (χ3n) is 9.54. The zero-order valence-corrected chi connectivity index (χ0v) is 32.7. The van der Waals surface area contributed by atoms with Gasteiger partial charge in [0.25, 0.3) is 6.33 Å². The van der Waals surface area contributed by atoms with E-state index in [1.165, 1.54) is 32.3 Å². The minimum absolute atomic E-state index is 0. The van der Waals surface area contributed by atoms with Crippen molar-refractivity contribution < 1.29 is 25.6 Å². The van der Waals surface area contributed by atoms with Gasteiger partial charge in [-0.3, -0.25) is 4.57 Å². The zero-order valence-electron chi connectivity index (χ0n) is 27.7. The predicted molar refractivity (Wildman–Crippen MR) is 200 cm³/mol. The summed E-state index contributed by atoms with van der Waals surface area (Å²) in [5.41, 5.74) is 9.55. The first kappa shape index (κ1) is 32.6. The molecule has 0 bridgehead atoms. The predicted octanol–water partition coefficient (Wildman–Crippen LogP) is 6.84. The summed E-state index contributed by atoms with van der Waals surface area (Å²) in [6.07, 6.45) is 3.44. The molecule has 0 saturated carbocycles. The van der Waals surface area contributed by atoms with Crippen molar-refractivity contribution in [1.29, 1.82) is 0 Å². The van der Waals surface area contributed by atoms with Crippen LogP contribution in [0.4, 0.5) is 17.1 Å². The van der Waals surface area contributed by atoms with Crippen molar-refractivity contribution in [3.63, 3.8) is 0 Å². The van der Waals surface area contributed by atoms with Gasteiger partial charge in [-0.25, -0.2) is 0 Å². The maximum absolute atomic E-state index is 3.58. The van der Waals surface area contributed by atoms with E-state index >= 15 is 0 Å². The van der Waals surface area contributed by atoms with Gasteiger partial charge in [0, 0.05) is 0 Å². The van der Waals surface area contributed by atoms with Gasteiger partial charge in [-0.2, -0.15) is 30.3 Å². The summed E-state index contributed by atoms with van der Waals surface area (Å²) in [6, 6.07) is 55.3. The van der Waals surface area contributed by atoms with Crippen LogP contribution < -0.4 is 28.8 Å². The molecule has 0 aliphatic carbocycles. The molecule has 0 spiro atoms. The number of aromatic nitrogens is 2. The number of hydrogen-bond donors (Lipinski definition) is 0. The van der Waals surface area contributed by atoms with Gasteiger partial charge in [0.2, 0.25) is 0 Å². The molecule has 9 rings (SSSR count). The molecule has 2 aliphatic rings. The van der Waals surface area contributed by atoms with E-state index in [-0.39, 0.29) is 21.1 Å². The van der Waals surface area contributed by atoms with Crippen LogP contribution >= 0.6 is 0 Å². The first-order valence-corrected chi connectivity index (χ1v) is 24.1. The second kappa shape index (κ2) is 12.5. The van der Waals surface area contributed by atoms with E-state index in [9.17, 15) is 0 Å². The molecule has 6 aromatic carbocycles. The largest absolute Gasteiger partial charge is 4.00 e. The Kier molecular flexibility index (Phi) is 8.46. The average Bonchev–Trinajstić information content (AvgIpc) is 3.49. The minimum atomic E-state index is -1.95. The summed E-state index contributed by atoms with van der Waals surface area (Å²) >= 11 is -1.95. The molecule has 0 saturated heterocycles. The van der Waals surface area contributed by atoms with Gasteiger partial charge in [0.05, 0.1) is 16.7 Å². The molecule has 48 heavy (non-hydrogen) atoms. The number of rotatable bonds is 2. The Morgan fingerprint density at radius 3 is 2.08 bits per heavy atom. The van der Waals surface area contributed by atoms with Crippen molar-refractivity contribution in [3.05, 3.63) is 157 Å². The molecular formula is C42H36N3PtSeSi+. The number of imidazole rings is 1. The third kappa shape index (κ3) is 5.16. The summed E-state index contributed by atoms with van der Waals surface area (Å²) in [5.74, 6) is 4.99. The van der Waals surface area contributed by atoms with Gasteiger partial charge in [-0.05, 0) is 24.7 Å². The Morgan fingerprint density at radius 2 is 1.31 bits per heavy atom. The van der Waals surface area contributed by atoms with Crippen LogP contribution in [-0.2, 0) is 21.1 Å². The van der Waals surface area contributed by atoms with Crippen LogP contribution in [-0.4, -0.2) is 25.5 Å². The van der Waals surface area contributed by atoms with E-state index < -0.39 is 20.9 Å². The van der Waals surface area contributed by atoms with E-state index in [0.29, 0.717) is 0 Å². The number of fused-ring (bicyclic) bond motifs is 5. The van der Waals surface area contributed by atoms with Gasteiger partial charge in [-0.15, -0.1) is 0 Å². The summed E-state index contributed by atoms with van der Waals surface area (Å²) < 4.78 is 7.21. The van der Waals surface area contributed by atoms with E-state index in [1.54, 1.807) is 9.65 Å². The standard InChI is InChI=1S/C22H21NSeSi.C20H15N2.Pt/c1-24(2)18-12-7-5-10-16(18)23-17-11-6-8-14-20(17)25(3,4)21-15-9-13-19(24)22(21)23;1-16-11-13-18(14-12-16)22-15-21(17-7-3-2-4-8-17)19-9-5-6-10-20(19)22;/h5-9,12-15H,1-4H3;2-7,9-14H,1H3;/q-2;-1;+4. The maximum atomic E-state index is 3.58. The van der Waals surface area contributed by atoms with Gasteiger partial charge >= 0.3 is 175 Å². The molecule has 238 valence electrons. The second-order valence-corrected chi connectivity index (χ2v) is 24.8. The van der Waals surface area contributed by atoms with Crippen molar-refractivity contribution in [2.45, 2.75) is 31.7 Å². The Balaban J connectivity index is 0.000000150. The van der Waals surface area contributed by atoms with Gasteiger partial charge in [0.1, 0.15) is 0 Å². The second-order valence-electron chi connectivity index (χ2n) is 13.1. The number of benzene rings is 6. The molecule has 0 amide bonds. The molecule has 6 heteroatoms. The average molecular weight is 885 g/mol. The molecule has 0 unspecified atom stereocenters. The minimum Gasteiger partial charge on any atom is -0.315 e. The van der Waals surface area contributed by atoms with Gasteiger partial charge in [-0.1, -0.05) is 42.0 Å². The van der Waals surface area contributed by atoms with Crippen molar-refractivity contribution in [2.75, 3.05) is 4.90 Å². The first-order valence-electron chi connectivity index (χ1n) is 15.9. The topological polar surface area (TPSA) is 12.1 Å². The Morgan fingerprint density at radius 1 is 0.646 bits per heavy atom. The van der Waals surface area contributed by atoms with Crippen molar-refractivity contribution in [2.24, 2.45) is 0 Å². The molecular weight excluding hydrogens is 849 g/mol. The van der Waals surface area contributed by atoms with Crippen LogP contribution in [0.5, 0.6) is 0 Å². The molecule has 7 aromatic rings. The van der Waals surface area contributed by atoms with Crippen LogP contribution in [0, 0.1) is 31.5 Å². The van der Waals surface area contributed by atoms with Crippen LogP contribution in [0.1, 0.15) is 5.56 Å². The number of anilines is 3. The monoisotopic (exact) mass is 885 g/mol. The summed E-state index contributed by atoms with van der Waals surface area (Å²) in [7, 11) is -1.73. The summed E-state index contributed by atoms with van der Waals surface area (Å²) in [6.45, 7) is 7.06. The smallest absolute Gasteiger partial charge is 0.315 e. The normalized spacial score (nSPS) is 15.1. The van der Waals surface area contributed by atoms with Crippen molar-refractivity contribution >= 4 is 68.3 Å². The fourth-order valence-electron chi connectivity index (χ4n) is 7.03. The number of para-hydroxylation sites is 6.